The van der Waals surface area contributed by atoms with Crippen molar-refractivity contribution in [3.8, 4) is 0 Å². The Labute approximate surface area is 159 Å². The van der Waals surface area contributed by atoms with E-state index in [1.807, 2.05) is 36.4 Å². The number of nitrogens with zero attached hydrogens (tertiary/aromatic N) is 1. The van der Waals surface area contributed by atoms with E-state index < -0.39 is 19.7 Å². The first-order chi connectivity index (χ1) is 12.3. The van der Waals surface area contributed by atoms with Gasteiger partial charge in [-0.1, -0.05) is 41.9 Å². The maximum Gasteiger partial charge on any atom is 0.334 e. The fourth-order valence-electron chi connectivity index (χ4n) is 2.45. The molecule has 0 aliphatic rings. The Morgan fingerprint density at radius 3 is 2.62 bits per heavy atom. The summed E-state index contributed by atoms with van der Waals surface area (Å²) in [6, 6.07) is 14.7. The van der Waals surface area contributed by atoms with Crippen LogP contribution < -0.4 is 4.90 Å². The van der Waals surface area contributed by atoms with Crippen molar-refractivity contribution in [3.05, 3.63) is 70.7 Å². The first-order valence-corrected chi connectivity index (χ1v) is 10.7. The Balaban J connectivity index is 2.04. The molecular weight excluding hydrogens is 393 g/mol. The van der Waals surface area contributed by atoms with Gasteiger partial charge in [-0.05, 0) is 29.8 Å². The summed E-state index contributed by atoms with van der Waals surface area (Å²) < 4.78 is 12.2. The summed E-state index contributed by atoms with van der Waals surface area (Å²) in [5.74, 6) is -0.690. The largest absolute Gasteiger partial charge is 0.334 e. The van der Waals surface area contributed by atoms with Crippen LogP contribution in [0.2, 0.25) is 5.02 Å². The van der Waals surface area contributed by atoms with Crippen LogP contribution in [0.1, 0.15) is 5.56 Å². The predicted molar refractivity (Wildman–Crippen MR) is 107 cm³/mol. The molecule has 26 heavy (non-hydrogen) atoms. The number of amides is 1. The minimum absolute atomic E-state index is 0.520. The lowest BCUT2D eigenvalue weighted by atomic mass is 10.2. The van der Waals surface area contributed by atoms with Crippen LogP contribution in [0, 0.1) is 0 Å². The molecule has 134 valence electrons. The molecule has 5 nitrogen and oxygen atoms in total. The number of hydrogen-bond acceptors (Lipinski definition) is 3. The molecule has 0 aliphatic heterocycles. The Kier molecular flexibility index (Phi) is 5.61. The van der Waals surface area contributed by atoms with Gasteiger partial charge >= 0.3 is 7.60 Å². The molecule has 2 N–H and O–H groups in total. The lowest BCUT2D eigenvalue weighted by Crippen LogP contribution is -2.27. The third-order valence-corrected chi connectivity index (χ3v) is 5.47. The molecule has 0 bridgehead atoms. The van der Waals surface area contributed by atoms with Gasteiger partial charge in [-0.15, -0.1) is 11.3 Å². The van der Waals surface area contributed by atoms with Gasteiger partial charge in [0.2, 0.25) is 5.91 Å². The van der Waals surface area contributed by atoms with Crippen LogP contribution in [0.25, 0.3) is 16.2 Å². The zero-order valence-corrected chi connectivity index (χ0v) is 15.9. The van der Waals surface area contributed by atoms with Crippen LogP contribution in [0.15, 0.2) is 60.1 Å². The van der Waals surface area contributed by atoms with Crippen molar-refractivity contribution in [1.29, 1.82) is 0 Å². The van der Waals surface area contributed by atoms with Crippen LogP contribution in [0.3, 0.4) is 0 Å². The van der Waals surface area contributed by atoms with E-state index in [1.54, 1.807) is 23.6 Å². The molecule has 0 unspecified atom stereocenters. The number of carbonyl (C=O) groups excluding carboxylic acids is 1. The second-order valence-corrected chi connectivity index (χ2v) is 8.57. The number of thiophene rings is 1. The molecule has 0 fully saturated rings. The molecule has 0 atom stereocenters. The van der Waals surface area contributed by atoms with Gasteiger partial charge in [0.1, 0.15) is 6.16 Å². The SMILES string of the molecule is O=C(CP(=O)(O)O)N(C=Cc1ccccc1)c1csc2ccc(Cl)cc12. The van der Waals surface area contributed by atoms with E-state index in [2.05, 4.69) is 0 Å². The van der Waals surface area contributed by atoms with Gasteiger partial charge in [0, 0.05) is 26.7 Å². The monoisotopic (exact) mass is 407 g/mol. The summed E-state index contributed by atoms with van der Waals surface area (Å²) in [6.45, 7) is 0. The maximum atomic E-state index is 12.6. The van der Waals surface area contributed by atoms with E-state index in [0.29, 0.717) is 10.7 Å². The molecule has 8 heteroatoms. The zero-order valence-electron chi connectivity index (χ0n) is 13.4. The minimum Gasteiger partial charge on any atom is -0.324 e. The first-order valence-electron chi connectivity index (χ1n) is 7.60. The van der Waals surface area contributed by atoms with Gasteiger partial charge in [-0.2, -0.15) is 0 Å². The number of rotatable bonds is 5. The average Bonchev–Trinajstić information content (AvgIpc) is 2.97. The highest BCUT2D eigenvalue weighted by Crippen LogP contribution is 2.38. The minimum atomic E-state index is -4.49. The topological polar surface area (TPSA) is 77.8 Å². The number of halogens is 1. The molecule has 3 rings (SSSR count). The standard InChI is InChI=1S/C18H15ClNO4PS/c19-14-6-7-17-15(10-14)16(12-26-17)20(18(21)11-25(22,23)24)9-8-13-4-2-1-3-5-13/h1-10,12H,11H2,(H2,22,23,24). The van der Waals surface area contributed by atoms with Crippen LogP contribution in [0.5, 0.6) is 0 Å². The molecule has 0 saturated heterocycles. The van der Waals surface area contributed by atoms with Gasteiger partial charge in [0.25, 0.3) is 0 Å². The highest BCUT2D eigenvalue weighted by atomic mass is 35.5. The smallest absolute Gasteiger partial charge is 0.324 e. The number of benzene rings is 2. The van der Waals surface area contributed by atoms with Crippen molar-refractivity contribution in [1.82, 2.24) is 0 Å². The number of hydrogen-bond donors (Lipinski definition) is 2. The van der Waals surface area contributed by atoms with Crippen molar-refractivity contribution < 1.29 is 19.1 Å². The normalized spacial score (nSPS) is 12.0. The molecule has 0 aliphatic carbocycles. The van der Waals surface area contributed by atoms with Crippen molar-refractivity contribution in [2.75, 3.05) is 11.1 Å². The zero-order chi connectivity index (χ0) is 18.7. The van der Waals surface area contributed by atoms with Crippen molar-refractivity contribution in [3.63, 3.8) is 0 Å². The fraction of sp³-hybridized carbons (Fsp3) is 0.0556. The summed E-state index contributed by atoms with van der Waals surface area (Å²) in [5, 5.41) is 3.04. The number of fused-ring (bicyclic) bond motifs is 1. The molecule has 3 aromatic rings. The molecule has 0 radical (unpaired) electrons. The summed E-state index contributed by atoms with van der Waals surface area (Å²) in [4.78, 5) is 32.2. The Bertz CT molecular complexity index is 1010. The van der Waals surface area contributed by atoms with E-state index >= 15 is 0 Å². The lowest BCUT2D eigenvalue weighted by Gasteiger charge is -2.18. The van der Waals surface area contributed by atoms with E-state index in [9.17, 15) is 19.1 Å². The van der Waals surface area contributed by atoms with Crippen LogP contribution in [-0.2, 0) is 9.36 Å². The fourth-order valence-corrected chi connectivity index (χ4v) is 4.04. The van der Waals surface area contributed by atoms with E-state index in [1.165, 1.54) is 22.4 Å². The predicted octanol–water partition coefficient (Wildman–Crippen LogP) is 4.74. The van der Waals surface area contributed by atoms with E-state index in [0.717, 1.165) is 15.6 Å². The molecule has 0 spiro atoms. The molecule has 2 aromatic carbocycles. The molecule has 1 amide bonds. The maximum absolute atomic E-state index is 12.6. The van der Waals surface area contributed by atoms with Gasteiger partial charge in [0.15, 0.2) is 0 Å². The molecule has 0 saturated carbocycles. The molecular formula is C18H15ClNO4PS. The van der Waals surface area contributed by atoms with Crippen LogP contribution in [0.4, 0.5) is 5.69 Å². The van der Waals surface area contributed by atoms with Crippen LogP contribution in [-0.4, -0.2) is 21.9 Å². The van der Waals surface area contributed by atoms with Crippen molar-refractivity contribution >= 4 is 58.3 Å². The van der Waals surface area contributed by atoms with Crippen molar-refractivity contribution in [2.45, 2.75) is 0 Å². The van der Waals surface area contributed by atoms with Gasteiger partial charge in [0.05, 0.1) is 5.69 Å². The summed E-state index contributed by atoms with van der Waals surface area (Å²) in [7, 11) is -4.49. The number of anilines is 1. The quantitative estimate of drug-likeness (QED) is 0.599. The van der Waals surface area contributed by atoms with E-state index in [-0.39, 0.29) is 0 Å². The van der Waals surface area contributed by atoms with Crippen molar-refractivity contribution in [2.24, 2.45) is 0 Å². The Morgan fingerprint density at radius 1 is 1.19 bits per heavy atom. The highest BCUT2D eigenvalue weighted by Gasteiger charge is 2.25. The molecule has 1 heterocycles. The Hall–Kier alpha value is -1.95. The third kappa shape index (κ3) is 4.61. The Morgan fingerprint density at radius 2 is 1.92 bits per heavy atom. The summed E-state index contributed by atoms with van der Waals surface area (Å²) in [6.07, 6.45) is 2.37. The second-order valence-electron chi connectivity index (χ2n) is 5.57. The third-order valence-electron chi connectivity index (χ3n) is 3.60. The van der Waals surface area contributed by atoms with Gasteiger partial charge < -0.3 is 9.79 Å². The summed E-state index contributed by atoms with van der Waals surface area (Å²) >= 11 is 7.50. The highest BCUT2D eigenvalue weighted by molar-refractivity contribution is 7.52. The number of carbonyl (C=O) groups is 1. The second kappa shape index (κ2) is 7.74. The first kappa shape index (κ1) is 18.8. The van der Waals surface area contributed by atoms with Crippen LogP contribution >= 0.6 is 30.5 Å². The molecule has 1 aromatic heterocycles. The average molecular weight is 408 g/mol. The summed E-state index contributed by atoms with van der Waals surface area (Å²) in [5.41, 5.74) is 1.40. The van der Waals surface area contributed by atoms with Gasteiger partial charge in [-0.3, -0.25) is 14.3 Å². The van der Waals surface area contributed by atoms with E-state index in [4.69, 9.17) is 11.6 Å². The van der Waals surface area contributed by atoms with Gasteiger partial charge in [-0.25, -0.2) is 0 Å². The lowest BCUT2D eigenvalue weighted by molar-refractivity contribution is -0.115.